The number of aliphatic hydroxyl groups is 1. The van der Waals surface area contributed by atoms with Crippen molar-refractivity contribution < 1.29 is 14.8 Å². The van der Waals surface area contributed by atoms with Gasteiger partial charge in [0.15, 0.2) is 0 Å². The minimum atomic E-state index is -0.712. The van der Waals surface area contributed by atoms with E-state index in [1.54, 1.807) is 4.90 Å². The van der Waals surface area contributed by atoms with Gasteiger partial charge in [0.05, 0.1) is 4.92 Å². The molecule has 0 atom stereocenters. The van der Waals surface area contributed by atoms with Crippen molar-refractivity contribution >= 4 is 17.3 Å². The van der Waals surface area contributed by atoms with Gasteiger partial charge in [0, 0.05) is 24.7 Å². The first kappa shape index (κ1) is 12.9. The van der Waals surface area contributed by atoms with Crippen LogP contribution in [-0.4, -0.2) is 34.6 Å². The highest BCUT2D eigenvalue weighted by molar-refractivity contribution is 5.94. The van der Waals surface area contributed by atoms with Gasteiger partial charge in [-0.05, 0) is 30.9 Å². The van der Waals surface area contributed by atoms with Gasteiger partial charge in [0.25, 0.3) is 5.69 Å². The van der Waals surface area contributed by atoms with Crippen LogP contribution in [0.2, 0.25) is 0 Å². The predicted molar refractivity (Wildman–Crippen MR) is 71.5 cm³/mol. The molecule has 1 aliphatic carbocycles. The number of β-amino-alcohol motifs (C(OH)–C–C–N with tert-alkyl or cyclic N) is 1. The molecule has 1 saturated heterocycles. The number of nitrogens with zero attached hydrogens (tertiary/aromatic N) is 2. The molecule has 7 heteroatoms. The number of primary amides is 1. The van der Waals surface area contributed by atoms with Crippen molar-refractivity contribution in [1.82, 2.24) is 0 Å². The monoisotopic (exact) mass is 277 g/mol. The molecular formula is C13H15N3O4. The van der Waals surface area contributed by atoms with E-state index in [-0.39, 0.29) is 11.3 Å². The first-order chi connectivity index (χ1) is 9.40. The number of rotatable bonds is 4. The maximum absolute atomic E-state index is 11.1. The summed E-state index contributed by atoms with van der Waals surface area (Å²) < 4.78 is 0. The Morgan fingerprint density at radius 3 is 2.60 bits per heavy atom. The van der Waals surface area contributed by atoms with E-state index >= 15 is 0 Å². The van der Waals surface area contributed by atoms with E-state index in [1.807, 2.05) is 0 Å². The standard InChI is InChI=1S/C13H15N3O4/c14-12(17)8-1-4-10(11(5-8)16(19)20)15-6-13(18,7-15)9-2-3-9/h1,4-5,9,18H,2-3,6-7H2,(H2,14,17). The zero-order valence-electron chi connectivity index (χ0n) is 10.8. The number of nitro groups is 1. The summed E-state index contributed by atoms with van der Waals surface area (Å²) >= 11 is 0. The summed E-state index contributed by atoms with van der Waals surface area (Å²) in [5, 5.41) is 21.4. The number of hydrogen-bond donors (Lipinski definition) is 2. The lowest BCUT2D eigenvalue weighted by atomic mass is 9.88. The van der Waals surface area contributed by atoms with E-state index < -0.39 is 16.4 Å². The summed E-state index contributed by atoms with van der Waals surface area (Å²) in [6.07, 6.45) is 2.04. The van der Waals surface area contributed by atoms with E-state index in [9.17, 15) is 20.0 Å². The summed E-state index contributed by atoms with van der Waals surface area (Å²) in [5.41, 5.74) is 4.80. The number of benzene rings is 1. The van der Waals surface area contributed by atoms with Crippen LogP contribution in [0.1, 0.15) is 23.2 Å². The Balaban J connectivity index is 1.86. The molecule has 20 heavy (non-hydrogen) atoms. The lowest BCUT2D eigenvalue weighted by Gasteiger charge is -2.48. The molecule has 0 radical (unpaired) electrons. The van der Waals surface area contributed by atoms with Crippen LogP contribution in [0.5, 0.6) is 0 Å². The minimum Gasteiger partial charge on any atom is -0.386 e. The first-order valence-corrected chi connectivity index (χ1v) is 6.46. The number of carbonyl (C=O) groups is 1. The molecule has 0 bridgehead atoms. The van der Waals surface area contributed by atoms with Crippen LogP contribution in [0.4, 0.5) is 11.4 Å². The molecule has 1 saturated carbocycles. The van der Waals surface area contributed by atoms with Gasteiger partial charge in [-0.2, -0.15) is 0 Å². The molecule has 2 fully saturated rings. The van der Waals surface area contributed by atoms with E-state index in [4.69, 9.17) is 5.73 Å². The number of carbonyl (C=O) groups excluding carboxylic acids is 1. The predicted octanol–water partition coefficient (Wildman–Crippen LogP) is 0.655. The molecule has 7 nitrogen and oxygen atoms in total. The number of nitrogens with two attached hydrogens (primary N) is 1. The van der Waals surface area contributed by atoms with Gasteiger partial charge >= 0.3 is 0 Å². The average molecular weight is 277 g/mol. The fourth-order valence-electron chi connectivity index (χ4n) is 2.75. The molecular weight excluding hydrogens is 262 g/mol. The Morgan fingerprint density at radius 2 is 2.10 bits per heavy atom. The van der Waals surface area contributed by atoms with Crippen molar-refractivity contribution in [3.8, 4) is 0 Å². The van der Waals surface area contributed by atoms with E-state index in [2.05, 4.69) is 0 Å². The zero-order valence-corrected chi connectivity index (χ0v) is 10.8. The van der Waals surface area contributed by atoms with Gasteiger partial charge in [-0.25, -0.2) is 0 Å². The third-order valence-electron chi connectivity index (χ3n) is 4.06. The molecule has 0 aromatic heterocycles. The summed E-state index contributed by atoms with van der Waals surface area (Å²) in [4.78, 5) is 23.4. The molecule has 2 aliphatic rings. The Bertz CT molecular complexity index is 591. The molecule has 3 N–H and O–H groups in total. The zero-order chi connectivity index (χ0) is 14.5. The quantitative estimate of drug-likeness (QED) is 0.620. The van der Waals surface area contributed by atoms with Crippen molar-refractivity contribution in [3.63, 3.8) is 0 Å². The van der Waals surface area contributed by atoms with Crippen LogP contribution in [0.15, 0.2) is 18.2 Å². The molecule has 1 amide bonds. The number of hydrogen-bond acceptors (Lipinski definition) is 5. The van der Waals surface area contributed by atoms with Gasteiger partial charge in [-0.3, -0.25) is 14.9 Å². The van der Waals surface area contributed by atoms with Crippen molar-refractivity contribution in [1.29, 1.82) is 0 Å². The fourth-order valence-corrected chi connectivity index (χ4v) is 2.75. The van der Waals surface area contributed by atoms with Crippen LogP contribution in [-0.2, 0) is 0 Å². The number of anilines is 1. The highest BCUT2D eigenvalue weighted by atomic mass is 16.6. The van der Waals surface area contributed by atoms with Gasteiger partial charge in [0.2, 0.25) is 5.91 Å². The van der Waals surface area contributed by atoms with Gasteiger partial charge < -0.3 is 15.7 Å². The summed E-state index contributed by atoms with van der Waals surface area (Å²) in [6, 6.07) is 4.18. The maximum atomic E-state index is 11.1. The number of amides is 1. The van der Waals surface area contributed by atoms with Crippen LogP contribution in [0.25, 0.3) is 0 Å². The first-order valence-electron chi connectivity index (χ1n) is 6.46. The lowest BCUT2D eigenvalue weighted by Crippen LogP contribution is -2.63. The lowest BCUT2D eigenvalue weighted by molar-refractivity contribution is -0.384. The van der Waals surface area contributed by atoms with Crippen molar-refractivity contribution in [2.45, 2.75) is 18.4 Å². The van der Waals surface area contributed by atoms with Gasteiger partial charge in [-0.1, -0.05) is 0 Å². The SMILES string of the molecule is NC(=O)c1ccc(N2CC(O)(C3CC3)C2)c([N+](=O)[O-])c1. The molecule has 106 valence electrons. The third kappa shape index (κ3) is 2.00. The topological polar surface area (TPSA) is 110 Å². The molecule has 0 unspecified atom stereocenters. The van der Waals surface area contributed by atoms with Crippen LogP contribution in [0, 0.1) is 16.0 Å². The molecule has 1 aromatic rings. The van der Waals surface area contributed by atoms with Crippen molar-refractivity contribution in [2.24, 2.45) is 11.7 Å². The number of nitro benzene ring substituents is 1. The largest absolute Gasteiger partial charge is 0.386 e. The Kier molecular flexibility index (Phi) is 2.68. The fraction of sp³-hybridized carbons (Fsp3) is 0.462. The Morgan fingerprint density at radius 1 is 1.45 bits per heavy atom. The molecule has 1 heterocycles. The third-order valence-corrected chi connectivity index (χ3v) is 4.06. The molecule has 0 spiro atoms. The summed E-state index contributed by atoms with van der Waals surface area (Å²) in [7, 11) is 0. The van der Waals surface area contributed by atoms with E-state index in [0.29, 0.717) is 24.7 Å². The molecule has 1 aliphatic heterocycles. The highest BCUT2D eigenvalue weighted by Crippen LogP contribution is 2.47. The van der Waals surface area contributed by atoms with Gasteiger partial charge in [0.1, 0.15) is 11.3 Å². The van der Waals surface area contributed by atoms with Gasteiger partial charge in [-0.15, -0.1) is 0 Å². The molecule has 1 aromatic carbocycles. The summed E-state index contributed by atoms with van der Waals surface area (Å²) in [5.74, 6) is -0.375. The van der Waals surface area contributed by atoms with Crippen molar-refractivity contribution in [2.75, 3.05) is 18.0 Å². The Hall–Kier alpha value is -2.15. The second kappa shape index (κ2) is 4.17. The van der Waals surface area contributed by atoms with E-state index in [1.165, 1.54) is 18.2 Å². The minimum absolute atomic E-state index is 0.110. The van der Waals surface area contributed by atoms with Crippen LogP contribution >= 0.6 is 0 Å². The highest BCUT2D eigenvalue weighted by Gasteiger charge is 2.52. The summed E-state index contributed by atoms with van der Waals surface area (Å²) in [6.45, 7) is 0.794. The normalized spacial score (nSPS) is 20.4. The van der Waals surface area contributed by atoms with E-state index in [0.717, 1.165) is 12.8 Å². The van der Waals surface area contributed by atoms with Crippen LogP contribution < -0.4 is 10.6 Å². The maximum Gasteiger partial charge on any atom is 0.293 e. The smallest absolute Gasteiger partial charge is 0.293 e. The Labute approximate surface area is 115 Å². The van der Waals surface area contributed by atoms with Crippen LogP contribution in [0.3, 0.4) is 0 Å². The second-order valence-corrected chi connectivity index (χ2v) is 5.56. The average Bonchev–Trinajstić information content (AvgIpc) is 3.18. The molecule has 3 rings (SSSR count). The van der Waals surface area contributed by atoms with Crippen molar-refractivity contribution in [3.05, 3.63) is 33.9 Å². The second-order valence-electron chi connectivity index (χ2n) is 5.56.